The highest BCUT2D eigenvalue weighted by Crippen LogP contribution is 2.30. The third-order valence-corrected chi connectivity index (χ3v) is 4.07. The normalized spacial score (nSPS) is 11.9. The predicted octanol–water partition coefficient (Wildman–Crippen LogP) is 2.55. The average Bonchev–Trinajstić information content (AvgIpc) is 2.47. The first kappa shape index (κ1) is 14.5. The van der Waals surface area contributed by atoms with E-state index in [4.69, 9.17) is 9.47 Å². The van der Waals surface area contributed by atoms with E-state index in [1.807, 2.05) is 0 Å². The van der Waals surface area contributed by atoms with Crippen LogP contribution in [0, 0.1) is 5.82 Å². The lowest BCUT2D eigenvalue weighted by Gasteiger charge is -2.11. The molecule has 0 saturated carbocycles. The molecule has 0 aliphatic heterocycles. The van der Waals surface area contributed by atoms with Crippen LogP contribution in [0.2, 0.25) is 0 Å². The molecular weight excluding hydrogens is 281 g/mol. The molecule has 0 fully saturated rings. The maximum absolute atomic E-state index is 13.6. The van der Waals surface area contributed by atoms with Gasteiger partial charge in [-0.3, -0.25) is 9.19 Å². The van der Waals surface area contributed by atoms with Gasteiger partial charge < -0.3 is 9.47 Å². The number of rotatable bonds is 5. The van der Waals surface area contributed by atoms with Crippen LogP contribution in [0.15, 0.2) is 41.4 Å². The van der Waals surface area contributed by atoms with Gasteiger partial charge in [0.05, 0.1) is 41.4 Å². The standard InChI is InChI=1S/C14H14FNO3S/c1-18-12-7-8-16-11(14(12)19-2)9-20(17)13-6-4-3-5-10(13)15/h3-8H,9H2,1-2H3. The minimum atomic E-state index is -1.54. The second-order valence-corrected chi connectivity index (χ2v) is 5.33. The molecule has 6 heteroatoms. The summed E-state index contributed by atoms with van der Waals surface area (Å²) >= 11 is 0. The fourth-order valence-electron chi connectivity index (χ4n) is 1.78. The van der Waals surface area contributed by atoms with Crippen LogP contribution in [0.4, 0.5) is 4.39 Å². The van der Waals surface area contributed by atoms with Crippen molar-refractivity contribution in [3.63, 3.8) is 0 Å². The molecule has 0 N–H and O–H groups in total. The number of aromatic nitrogens is 1. The van der Waals surface area contributed by atoms with Crippen LogP contribution in [0.1, 0.15) is 5.69 Å². The Morgan fingerprint density at radius 2 is 1.95 bits per heavy atom. The molecule has 0 saturated heterocycles. The fourth-order valence-corrected chi connectivity index (χ4v) is 2.91. The average molecular weight is 295 g/mol. The van der Waals surface area contributed by atoms with Crippen molar-refractivity contribution < 1.29 is 18.1 Å². The number of halogens is 1. The van der Waals surface area contributed by atoms with Gasteiger partial charge in [-0.05, 0) is 12.1 Å². The Morgan fingerprint density at radius 3 is 2.60 bits per heavy atom. The van der Waals surface area contributed by atoms with Crippen LogP contribution in [-0.4, -0.2) is 23.4 Å². The van der Waals surface area contributed by atoms with E-state index in [1.54, 1.807) is 18.2 Å². The Balaban J connectivity index is 2.31. The summed E-state index contributed by atoms with van der Waals surface area (Å²) < 4.78 is 36.2. The molecule has 2 rings (SSSR count). The number of benzene rings is 1. The lowest BCUT2D eigenvalue weighted by molar-refractivity contribution is 0.350. The van der Waals surface area contributed by atoms with Gasteiger partial charge in [0.15, 0.2) is 11.5 Å². The molecule has 0 bridgehead atoms. The van der Waals surface area contributed by atoms with Gasteiger partial charge in [0.1, 0.15) is 5.82 Å². The van der Waals surface area contributed by atoms with Crippen molar-refractivity contribution in [3.8, 4) is 11.5 Å². The van der Waals surface area contributed by atoms with Gasteiger partial charge in [-0.1, -0.05) is 12.1 Å². The Bertz CT molecular complexity index is 634. The van der Waals surface area contributed by atoms with Crippen molar-refractivity contribution >= 4 is 10.8 Å². The first-order chi connectivity index (χ1) is 9.67. The molecular formula is C14H14FNO3S. The molecule has 0 aliphatic carbocycles. The summed E-state index contributed by atoms with van der Waals surface area (Å²) in [5.74, 6) is 0.483. The van der Waals surface area contributed by atoms with Gasteiger partial charge in [0.25, 0.3) is 0 Å². The van der Waals surface area contributed by atoms with Crippen LogP contribution >= 0.6 is 0 Å². The molecule has 0 aliphatic rings. The lowest BCUT2D eigenvalue weighted by Crippen LogP contribution is -2.04. The molecule has 4 nitrogen and oxygen atoms in total. The van der Waals surface area contributed by atoms with Crippen LogP contribution in [0.3, 0.4) is 0 Å². The molecule has 20 heavy (non-hydrogen) atoms. The van der Waals surface area contributed by atoms with E-state index in [2.05, 4.69) is 4.98 Å². The van der Waals surface area contributed by atoms with Gasteiger partial charge in [-0.15, -0.1) is 0 Å². The molecule has 0 spiro atoms. The number of pyridine rings is 1. The van der Waals surface area contributed by atoms with Crippen LogP contribution in [0.5, 0.6) is 11.5 Å². The zero-order valence-electron chi connectivity index (χ0n) is 11.1. The van der Waals surface area contributed by atoms with E-state index in [9.17, 15) is 8.60 Å². The largest absolute Gasteiger partial charge is 0.493 e. The highest BCUT2D eigenvalue weighted by molar-refractivity contribution is 7.84. The quantitative estimate of drug-likeness (QED) is 0.850. The van der Waals surface area contributed by atoms with E-state index < -0.39 is 16.6 Å². The van der Waals surface area contributed by atoms with E-state index in [1.165, 1.54) is 32.5 Å². The van der Waals surface area contributed by atoms with Crippen molar-refractivity contribution in [1.29, 1.82) is 0 Å². The van der Waals surface area contributed by atoms with E-state index in [0.29, 0.717) is 17.2 Å². The molecule has 0 amide bonds. The third kappa shape index (κ3) is 2.96. The second-order valence-electron chi connectivity index (χ2n) is 3.91. The molecule has 1 heterocycles. The summed E-state index contributed by atoms with van der Waals surface area (Å²) in [5, 5.41) is 0. The van der Waals surface area contributed by atoms with Crippen molar-refractivity contribution in [1.82, 2.24) is 4.98 Å². The maximum Gasteiger partial charge on any atom is 0.183 e. The molecule has 1 aromatic heterocycles. The van der Waals surface area contributed by atoms with E-state index in [0.717, 1.165) is 0 Å². The third-order valence-electron chi connectivity index (χ3n) is 2.72. The van der Waals surface area contributed by atoms with Gasteiger partial charge in [0, 0.05) is 12.3 Å². The van der Waals surface area contributed by atoms with Crippen molar-refractivity contribution in [2.75, 3.05) is 14.2 Å². The summed E-state index contributed by atoms with van der Waals surface area (Å²) in [4.78, 5) is 4.28. The monoisotopic (exact) mass is 295 g/mol. The Hall–Kier alpha value is -1.95. The second kappa shape index (κ2) is 6.47. The van der Waals surface area contributed by atoms with Crippen LogP contribution in [0.25, 0.3) is 0 Å². The van der Waals surface area contributed by atoms with Gasteiger partial charge >= 0.3 is 0 Å². The van der Waals surface area contributed by atoms with Crippen molar-refractivity contribution in [3.05, 3.63) is 48.0 Å². The highest BCUT2D eigenvalue weighted by Gasteiger charge is 2.16. The summed E-state index contributed by atoms with van der Waals surface area (Å²) in [6.45, 7) is 0. The minimum absolute atomic E-state index is 0.0569. The maximum atomic E-state index is 13.6. The zero-order chi connectivity index (χ0) is 14.5. The predicted molar refractivity (Wildman–Crippen MR) is 73.9 cm³/mol. The number of methoxy groups -OCH3 is 2. The van der Waals surface area contributed by atoms with Crippen molar-refractivity contribution in [2.45, 2.75) is 10.6 Å². The van der Waals surface area contributed by atoms with Gasteiger partial charge in [0.2, 0.25) is 0 Å². The SMILES string of the molecule is COc1ccnc(CS(=O)c2ccccc2F)c1OC. The molecule has 0 radical (unpaired) electrons. The van der Waals surface area contributed by atoms with E-state index >= 15 is 0 Å². The first-order valence-electron chi connectivity index (χ1n) is 5.86. The van der Waals surface area contributed by atoms with Crippen LogP contribution in [-0.2, 0) is 16.6 Å². The fraction of sp³-hybridized carbons (Fsp3) is 0.214. The van der Waals surface area contributed by atoms with E-state index in [-0.39, 0.29) is 10.6 Å². The molecule has 1 unspecified atom stereocenters. The summed E-state index contributed by atoms with van der Waals surface area (Å²) in [6.07, 6.45) is 1.54. The highest BCUT2D eigenvalue weighted by atomic mass is 32.2. The topological polar surface area (TPSA) is 48.4 Å². The summed E-state index contributed by atoms with van der Waals surface area (Å²) in [7, 11) is 1.45. The zero-order valence-corrected chi connectivity index (χ0v) is 11.9. The summed E-state index contributed by atoms with van der Waals surface area (Å²) in [5.41, 5.74) is 0.466. The molecule has 106 valence electrons. The van der Waals surface area contributed by atoms with Crippen molar-refractivity contribution in [2.24, 2.45) is 0 Å². The minimum Gasteiger partial charge on any atom is -0.493 e. The first-order valence-corrected chi connectivity index (χ1v) is 7.18. The number of ether oxygens (including phenoxy) is 2. The smallest absolute Gasteiger partial charge is 0.183 e. The van der Waals surface area contributed by atoms with Gasteiger partial charge in [-0.2, -0.15) is 0 Å². The molecule has 1 aromatic carbocycles. The summed E-state index contributed by atoms with van der Waals surface area (Å²) in [6, 6.07) is 7.63. The Labute approximate surface area is 119 Å². The number of hydrogen-bond donors (Lipinski definition) is 0. The van der Waals surface area contributed by atoms with Crippen LogP contribution < -0.4 is 9.47 Å². The molecule has 1 atom stereocenters. The van der Waals surface area contributed by atoms with Gasteiger partial charge in [-0.25, -0.2) is 4.39 Å². The number of hydrogen-bond acceptors (Lipinski definition) is 4. The Kier molecular flexibility index (Phi) is 4.68. The molecule has 2 aromatic rings. The lowest BCUT2D eigenvalue weighted by atomic mass is 10.3. The number of nitrogens with zero attached hydrogens (tertiary/aromatic N) is 1. The Morgan fingerprint density at radius 1 is 1.20 bits per heavy atom.